The Morgan fingerprint density at radius 2 is 1.80 bits per heavy atom. The molecule has 0 aromatic carbocycles. The minimum absolute atomic E-state index is 0.0369. The van der Waals surface area contributed by atoms with Crippen LogP contribution < -0.4 is 5.73 Å². The zero-order valence-electron chi connectivity index (χ0n) is 13.1. The molecule has 2 unspecified atom stereocenters. The van der Waals surface area contributed by atoms with Crippen LogP contribution in [0.3, 0.4) is 0 Å². The standard InChI is InChI=1S/C15H29N3O2/c1-12(7-6-8-13(2)16)15(20)17(3)11-14(19)18-9-4-5-10-18/h12-13H,4-11,16H2,1-3H3. The van der Waals surface area contributed by atoms with Crippen molar-refractivity contribution in [1.82, 2.24) is 9.80 Å². The van der Waals surface area contributed by atoms with Crippen molar-refractivity contribution in [2.45, 2.75) is 52.0 Å². The van der Waals surface area contributed by atoms with Gasteiger partial charge in [-0.15, -0.1) is 0 Å². The van der Waals surface area contributed by atoms with Crippen molar-refractivity contribution in [3.8, 4) is 0 Å². The summed E-state index contributed by atoms with van der Waals surface area (Å²) >= 11 is 0. The fraction of sp³-hybridized carbons (Fsp3) is 0.867. The van der Waals surface area contributed by atoms with Crippen LogP contribution in [0.2, 0.25) is 0 Å². The first-order chi connectivity index (χ1) is 9.41. The number of carbonyl (C=O) groups is 2. The van der Waals surface area contributed by atoms with Crippen LogP contribution >= 0.6 is 0 Å². The van der Waals surface area contributed by atoms with E-state index in [4.69, 9.17) is 5.73 Å². The Balaban J connectivity index is 2.31. The number of likely N-dealkylation sites (N-methyl/N-ethyl adjacent to an activating group) is 1. The third-order valence-electron chi connectivity index (χ3n) is 3.93. The molecule has 0 aliphatic carbocycles. The Hall–Kier alpha value is -1.10. The number of carbonyl (C=O) groups excluding carboxylic acids is 2. The van der Waals surface area contributed by atoms with E-state index >= 15 is 0 Å². The first-order valence-electron chi connectivity index (χ1n) is 7.70. The zero-order valence-corrected chi connectivity index (χ0v) is 13.1. The summed E-state index contributed by atoms with van der Waals surface area (Å²) in [5.41, 5.74) is 5.70. The van der Waals surface area contributed by atoms with E-state index in [1.165, 1.54) is 0 Å². The zero-order chi connectivity index (χ0) is 15.1. The van der Waals surface area contributed by atoms with Gasteiger partial charge < -0.3 is 15.5 Å². The van der Waals surface area contributed by atoms with Gasteiger partial charge in [0.1, 0.15) is 0 Å². The highest BCUT2D eigenvalue weighted by molar-refractivity contribution is 5.85. The van der Waals surface area contributed by atoms with E-state index in [-0.39, 0.29) is 30.3 Å². The Morgan fingerprint density at radius 3 is 2.35 bits per heavy atom. The van der Waals surface area contributed by atoms with Crippen LogP contribution in [0.1, 0.15) is 46.0 Å². The molecule has 1 aliphatic rings. The fourth-order valence-corrected chi connectivity index (χ4v) is 2.59. The molecule has 2 N–H and O–H groups in total. The van der Waals surface area contributed by atoms with Crippen LogP contribution in [0, 0.1) is 5.92 Å². The van der Waals surface area contributed by atoms with Crippen molar-refractivity contribution in [1.29, 1.82) is 0 Å². The van der Waals surface area contributed by atoms with Crippen molar-refractivity contribution in [2.75, 3.05) is 26.7 Å². The van der Waals surface area contributed by atoms with Crippen LogP contribution in [0.15, 0.2) is 0 Å². The van der Waals surface area contributed by atoms with Gasteiger partial charge in [0.05, 0.1) is 6.54 Å². The van der Waals surface area contributed by atoms with Crippen molar-refractivity contribution >= 4 is 11.8 Å². The molecule has 1 fully saturated rings. The minimum atomic E-state index is -0.0369. The van der Waals surface area contributed by atoms with Gasteiger partial charge in [0.2, 0.25) is 11.8 Å². The highest BCUT2D eigenvalue weighted by atomic mass is 16.2. The summed E-state index contributed by atoms with van der Waals surface area (Å²) in [6.45, 7) is 5.79. The number of nitrogens with two attached hydrogens (primary N) is 1. The van der Waals surface area contributed by atoms with Crippen LogP contribution in [0.4, 0.5) is 0 Å². The number of hydrogen-bond donors (Lipinski definition) is 1. The van der Waals surface area contributed by atoms with Gasteiger partial charge in [0.15, 0.2) is 0 Å². The summed E-state index contributed by atoms with van der Waals surface area (Å²) in [7, 11) is 1.72. The molecule has 0 radical (unpaired) electrons. The molecule has 0 saturated carbocycles. The van der Waals surface area contributed by atoms with E-state index in [2.05, 4.69) is 0 Å². The highest BCUT2D eigenvalue weighted by Gasteiger charge is 2.23. The second-order valence-electron chi connectivity index (χ2n) is 6.09. The van der Waals surface area contributed by atoms with Crippen molar-refractivity contribution in [2.24, 2.45) is 11.7 Å². The van der Waals surface area contributed by atoms with Crippen LogP contribution in [0.25, 0.3) is 0 Å². The second kappa shape index (κ2) is 8.25. The van der Waals surface area contributed by atoms with Gasteiger partial charge in [0.25, 0.3) is 0 Å². The Kier molecular flexibility index (Phi) is 6.99. The number of rotatable bonds is 7. The molecule has 20 heavy (non-hydrogen) atoms. The topological polar surface area (TPSA) is 66.6 Å². The second-order valence-corrected chi connectivity index (χ2v) is 6.09. The summed E-state index contributed by atoms with van der Waals surface area (Å²) in [6.07, 6.45) is 4.89. The van der Waals surface area contributed by atoms with Gasteiger partial charge in [-0.05, 0) is 32.6 Å². The minimum Gasteiger partial charge on any atom is -0.341 e. The normalized spacial score (nSPS) is 17.9. The molecular formula is C15H29N3O2. The van der Waals surface area contributed by atoms with Crippen molar-refractivity contribution in [3.63, 3.8) is 0 Å². The third kappa shape index (κ3) is 5.49. The maximum absolute atomic E-state index is 12.2. The number of nitrogens with zero attached hydrogens (tertiary/aromatic N) is 2. The Bertz CT molecular complexity index is 325. The lowest BCUT2D eigenvalue weighted by atomic mass is 10.0. The van der Waals surface area contributed by atoms with Crippen LogP contribution in [0.5, 0.6) is 0 Å². The molecule has 5 heteroatoms. The molecule has 5 nitrogen and oxygen atoms in total. The Labute approximate surface area is 122 Å². The third-order valence-corrected chi connectivity index (χ3v) is 3.93. The largest absolute Gasteiger partial charge is 0.341 e. The average Bonchev–Trinajstić information content (AvgIpc) is 2.90. The van der Waals surface area contributed by atoms with E-state index in [1.54, 1.807) is 11.9 Å². The molecule has 1 heterocycles. The number of likely N-dealkylation sites (tertiary alicyclic amines) is 1. The predicted molar refractivity (Wildman–Crippen MR) is 80.1 cm³/mol. The number of amides is 2. The van der Waals surface area contributed by atoms with Crippen molar-refractivity contribution in [3.05, 3.63) is 0 Å². The summed E-state index contributed by atoms with van der Waals surface area (Å²) in [4.78, 5) is 27.6. The van der Waals surface area contributed by atoms with E-state index in [0.29, 0.717) is 0 Å². The monoisotopic (exact) mass is 283 g/mol. The molecule has 1 aliphatic heterocycles. The molecule has 1 rings (SSSR count). The quantitative estimate of drug-likeness (QED) is 0.764. The molecule has 0 spiro atoms. The smallest absolute Gasteiger partial charge is 0.242 e. The van der Waals surface area contributed by atoms with E-state index in [9.17, 15) is 9.59 Å². The predicted octanol–water partition coefficient (Wildman–Crippen LogP) is 1.22. The lowest BCUT2D eigenvalue weighted by molar-refractivity contribution is -0.141. The van der Waals surface area contributed by atoms with E-state index < -0.39 is 0 Å². The van der Waals surface area contributed by atoms with Gasteiger partial charge >= 0.3 is 0 Å². The van der Waals surface area contributed by atoms with Crippen LogP contribution in [-0.2, 0) is 9.59 Å². The molecule has 1 saturated heterocycles. The summed E-state index contributed by atoms with van der Waals surface area (Å²) < 4.78 is 0. The van der Waals surface area contributed by atoms with Gasteiger partial charge in [-0.3, -0.25) is 9.59 Å². The number of hydrogen-bond acceptors (Lipinski definition) is 3. The lowest BCUT2D eigenvalue weighted by Crippen LogP contribution is -2.41. The van der Waals surface area contributed by atoms with Gasteiger partial charge in [-0.25, -0.2) is 0 Å². The van der Waals surface area contributed by atoms with Gasteiger partial charge in [-0.2, -0.15) is 0 Å². The summed E-state index contributed by atoms with van der Waals surface area (Å²) in [6, 6.07) is 0.187. The highest BCUT2D eigenvalue weighted by Crippen LogP contribution is 2.13. The lowest BCUT2D eigenvalue weighted by Gasteiger charge is -2.24. The molecule has 0 bridgehead atoms. The van der Waals surface area contributed by atoms with Crippen LogP contribution in [-0.4, -0.2) is 54.3 Å². The summed E-state index contributed by atoms with van der Waals surface area (Å²) in [5.74, 6) is 0.0912. The molecule has 0 aromatic heterocycles. The first kappa shape index (κ1) is 17.0. The van der Waals surface area contributed by atoms with Gasteiger partial charge in [-0.1, -0.05) is 13.3 Å². The Morgan fingerprint density at radius 1 is 1.20 bits per heavy atom. The van der Waals surface area contributed by atoms with Gasteiger partial charge in [0, 0.05) is 32.1 Å². The molecule has 116 valence electrons. The first-order valence-corrected chi connectivity index (χ1v) is 7.70. The SMILES string of the molecule is CC(N)CCCC(C)C(=O)N(C)CC(=O)N1CCCC1. The summed E-state index contributed by atoms with van der Waals surface area (Å²) in [5, 5.41) is 0. The molecular weight excluding hydrogens is 254 g/mol. The fourth-order valence-electron chi connectivity index (χ4n) is 2.59. The van der Waals surface area contributed by atoms with E-state index in [1.807, 2.05) is 18.7 Å². The maximum atomic E-state index is 12.2. The molecule has 0 aromatic rings. The van der Waals surface area contributed by atoms with Crippen molar-refractivity contribution < 1.29 is 9.59 Å². The molecule has 2 atom stereocenters. The van der Waals surface area contributed by atoms with E-state index in [0.717, 1.165) is 45.2 Å². The molecule has 2 amide bonds. The maximum Gasteiger partial charge on any atom is 0.242 e. The average molecular weight is 283 g/mol.